The maximum Gasteiger partial charge on any atom is 0.335 e. The van der Waals surface area contributed by atoms with E-state index in [0.29, 0.717) is 31.0 Å². The van der Waals surface area contributed by atoms with Gasteiger partial charge in [0.1, 0.15) is 17.5 Å². The summed E-state index contributed by atoms with van der Waals surface area (Å²) in [7, 11) is 0. The highest BCUT2D eigenvalue weighted by Crippen LogP contribution is 2.22. The molecular formula is C22H26FN5O2. The Morgan fingerprint density at radius 3 is 2.47 bits per heavy atom. The average Bonchev–Trinajstić information content (AvgIpc) is 3.06. The van der Waals surface area contributed by atoms with Crippen molar-refractivity contribution in [2.45, 2.75) is 52.7 Å². The molecule has 0 bridgehead atoms. The molecule has 8 heteroatoms. The topological polar surface area (TPSA) is 92.9 Å². The molecule has 2 N–H and O–H groups in total. The summed E-state index contributed by atoms with van der Waals surface area (Å²) in [6.45, 7) is 9.34. The van der Waals surface area contributed by atoms with Crippen LogP contribution in [-0.2, 0) is 25.0 Å². The van der Waals surface area contributed by atoms with E-state index in [9.17, 15) is 14.3 Å². The Balaban J connectivity index is 1.78. The van der Waals surface area contributed by atoms with Crippen LogP contribution in [0.3, 0.4) is 0 Å². The van der Waals surface area contributed by atoms with E-state index in [1.165, 1.54) is 12.1 Å². The van der Waals surface area contributed by atoms with Crippen molar-refractivity contribution in [3.8, 4) is 0 Å². The number of aryl methyl sites for hydroxylation is 1. The van der Waals surface area contributed by atoms with Crippen molar-refractivity contribution >= 4 is 5.97 Å². The van der Waals surface area contributed by atoms with Crippen molar-refractivity contribution < 1.29 is 14.3 Å². The van der Waals surface area contributed by atoms with Gasteiger partial charge in [0.05, 0.1) is 24.3 Å². The van der Waals surface area contributed by atoms with Crippen LogP contribution in [0, 0.1) is 12.7 Å². The van der Waals surface area contributed by atoms with Gasteiger partial charge in [0.15, 0.2) is 0 Å². The molecule has 0 unspecified atom stereocenters. The third-order valence-corrected chi connectivity index (χ3v) is 4.59. The van der Waals surface area contributed by atoms with Crippen LogP contribution in [-0.4, -0.2) is 30.8 Å². The second kappa shape index (κ2) is 8.71. The lowest BCUT2D eigenvalue weighted by Gasteiger charge is -2.20. The molecule has 2 heterocycles. The molecule has 3 rings (SSSR count). The summed E-state index contributed by atoms with van der Waals surface area (Å²) >= 11 is 0. The number of halogens is 1. The molecule has 1 aromatic carbocycles. The van der Waals surface area contributed by atoms with Crippen LogP contribution >= 0.6 is 0 Å². The number of benzene rings is 1. The van der Waals surface area contributed by atoms with Crippen molar-refractivity contribution in [1.29, 1.82) is 0 Å². The van der Waals surface area contributed by atoms with Crippen LogP contribution in [0.15, 0.2) is 36.4 Å². The number of hydrogen-bond donors (Lipinski definition) is 2. The number of nitrogens with one attached hydrogen (secondary N) is 1. The minimum atomic E-state index is -0.976. The normalized spacial score (nSPS) is 11.6. The maximum atomic E-state index is 13.3. The van der Waals surface area contributed by atoms with Gasteiger partial charge >= 0.3 is 5.97 Å². The van der Waals surface area contributed by atoms with Crippen molar-refractivity contribution in [1.82, 2.24) is 25.1 Å². The average molecular weight is 411 g/mol. The number of rotatable bonds is 7. The standard InChI is InChI=1S/C22H26FN5O2/c1-14-9-16(20(29)30)10-18(25-14)11-24-12-19-26-27-21(22(2,3)4)28(19)13-15-5-7-17(23)8-6-15/h5-10,24H,11-13H2,1-4H3,(H,29,30). The van der Waals surface area contributed by atoms with Crippen molar-refractivity contribution in [2.24, 2.45) is 0 Å². The van der Waals surface area contributed by atoms with Crippen LogP contribution in [0.25, 0.3) is 0 Å². The molecule has 7 nitrogen and oxygen atoms in total. The Morgan fingerprint density at radius 1 is 1.13 bits per heavy atom. The summed E-state index contributed by atoms with van der Waals surface area (Å²) in [4.78, 5) is 15.6. The van der Waals surface area contributed by atoms with E-state index in [2.05, 4.69) is 41.3 Å². The summed E-state index contributed by atoms with van der Waals surface area (Å²) in [5, 5.41) is 21.2. The third-order valence-electron chi connectivity index (χ3n) is 4.59. The van der Waals surface area contributed by atoms with E-state index in [1.807, 2.05) is 4.57 Å². The van der Waals surface area contributed by atoms with Gasteiger partial charge in [-0.1, -0.05) is 32.9 Å². The Bertz CT molecular complexity index is 1040. The predicted molar refractivity (Wildman–Crippen MR) is 111 cm³/mol. The molecule has 0 radical (unpaired) electrons. The van der Waals surface area contributed by atoms with Gasteiger partial charge in [0.25, 0.3) is 0 Å². The van der Waals surface area contributed by atoms with Gasteiger partial charge in [-0.3, -0.25) is 4.98 Å². The third kappa shape index (κ3) is 5.27. The van der Waals surface area contributed by atoms with E-state index in [4.69, 9.17) is 0 Å². The first kappa shape index (κ1) is 21.6. The predicted octanol–water partition coefficient (Wildman–Crippen LogP) is 3.45. The zero-order valence-electron chi connectivity index (χ0n) is 17.6. The van der Waals surface area contributed by atoms with E-state index < -0.39 is 5.97 Å². The van der Waals surface area contributed by atoms with Gasteiger partial charge < -0.3 is 15.0 Å². The highest BCUT2D eigenvalue weighted by Gasteiger charge is 2.24. The molecule has 0 saturated carbocycles. The summed E-state index contributed by atoms with van der Waals surface area (Å²) in [6, 6.07) is 9.49. The van der Waals surface area contributed by atoms with E-state index >= 15 is 0 Å². The van der Waals surface area contributed by atoms with E-state index in [1.54, 1.807) is 31.2 Å². The summed E-state index contributed by atoms with van der Waals surface area (Å²) in [5.74, 6) is 0.336. The smallest absolute Gasteiger partial charge is 0.335 e. The maximum absolute atomic E-state index is 13.3. The highest BCUT2D eigenvalue weighted by molar-refractivity contribution is 5.87. The Hall–Kier alpha value is -3.13. The fourth-order valence-electron chi connectivity index (χ4n) is 3.21. The van der Waals surface area contributed by atoms with Crippen molar-refractivity contribution in [3.05, 3.63) is 76.4 Å². The fraction of sp³-hybridized carbons (Fsp3) is 0.364. The number of hydrogen-bond acceptors (Lipinski definition) is 5. The molecule has 0 fully saturated rings. The summed E-state index contributed by atoms with van der Waals surface area (Å²) in [5.41, 5.74) is 2.26. The minimum Gasteiger partial charge on any atom is -0.478 e. The summed E-state index contributed by atoms with van der Waals surface area (Å²) in [6.07, 6.45) is 0. The zero-order valence-corrected chi connectivity index (χ0v) is 17.6. The lowest BCUT2D eigenvalue weighted by molar-refractivity contribution is 0.0696. The molecule has 0 aliphatic rings. The molecule has 0 atom stereocenters. The van der Waals surface area contributed by atoms with E-state index in [0.717, 1.165) is 17.2 Å². The van der Waals surface area contributed by atoms with Crippen LogP contribution < -0.4 is 5.32 Å². The van der Waals surface area contributed by atoms with Gasteiger partial charge in [0, 0.05) is 17.7 Å². The molecule has 30 heavy (non-hydrogen) atoms. The number of pyridine rings is 1. The molecular weight excluding hydrogens is 385 g/mol. The monoisotopic (exact) mass is 411 g/mol. The molecule has 0 aliphatic carbocycles. The van der Waals surface area contributed by atoms with Crippen LogP contribution in [0.2, 0.25) is 0 Å². The van der Waals surface area contributed by atoms with Crippen LogP contribution in [0.4, 0.5) is 4.39 Å². The summed E-state index contributed by atoms with van der Waals surface area (Å²) < 4.78 is 15.3. The number of nitrogens with zero attached hydrogens (tertiary/aromatic N) is 4. The van der Waals surface area contributed by atoms with Crippen molar-refractivity contribution in [3.63, 3.8) is 0 Å². The lowest BCUT2D eigenvalue weighted by atomic mass is 9.95. The molecule has 0 saturated heterocycles. The number of aromatic nitrogens is 4. The lowest BCUT2D eigenvalue weighted by Crippen LogP contribution is -2.23. The van der Waals surface area contributed by atoms with Crippen LogP contribution in [0.1, 0.15) is 59.7 Å². The largest absolute Gasteiger partial charge is 0.478 e. The Kier molecular flexibility index (Phi) is 6.26. The number of carbonyl (C=O) groups is 1. The molecule has 158 valence electrons. The quantitative estimate of drug-likeness (QED) is 0.619. The van der Waals surface area contributed by atoms with Crippen LogP contribution in [0.5, 0.6) is 0 Å². The van der Waals surface area contributed by atoms with Crippen molar-refractivity contribution in [2.75, 3.05) is 0 Å². The first-order valence-electron chi connectivity index (χ1n) is 9.72. The molecule has 3 aromatic rings. The van der Waals surface area contributed by atoms with Gasteiger partial charge in [-0.05, 0) is 36.8 Å². The second-order valence-corrected chi connectivity index (χ2v) is 8.30. The zero-order chi connectivity index (χ0) is 21.9. The first-order valence-corrected chi connectivity index (χ1v) is 9.72. The highest BCUT2D eigenvalue weighted by atomic mass is 19.1. The molecule has 0 spiro atoms. The second-order valence-electron chi connectivity index (χ2n) is 8.30. The van der Waals surface area contributed by atoms with Gasteiger partial charge in [-0.2, -0.15) is 0 Å². The Morgan fingerprint density at radius 2 is 1.83 bits per heavy atom. The van der Waals surface area contributed by atoms with Gasteiger partial charge in [-0.25, -0.2) is 9.18 Å². The fourth-order valence-corrected chi connectivity index (χ4v) is 3.21. The minimum absolute atomic E-state index is 0.209. The first-order chi connectivity index (χ1) is 14.1. The number of carboxylic acid groups (broad SMARTS) is 1. The van der Waals surface area contributed by atoms with Gasteiger partial charge in [0.2, 0.25) is 0 Å². The molecule has 0 aliphatic heterocycles. The molecule has 0 amide bonds. The SMILES string of the molecule is Cc1cc(C(=O)O)cc(CNCc2nnc(C(C)(C)C)n2Cc2ccc(F)cc2)n1. The van der Waals surface area contributed by atoms with Gasteiger partial charge in [-0.15, -0.1) is 10.2 Å². The Labute approximate surface area is 175 Å². The number of aromatic carboxylic acids is 1. The number of carboxylic acids is 1. The molecule has 2 aromatic heterocycles. The van der Waals surface area contributed by atoms with E-state index in [-0.39, 0.29) is 16.8 Å².